The fraction of sp³-hybridized carbons (Fsp3) is 0.185. The maximum absolute atomic E-state index is 13.4. The van der Waals surface area contributed by atoms with E-state index in [9.17, 15) is 14.7 Å². The topological polar surface area (TPSA) is 85.3 Å². The molecule has 1 aliphatic heterocycles. The highest BCUT2D eigenvalue weighted by Gasteiger charge is 2.47. The molecule has 0 aromatic heterocycles. The third-order valence-electron chi connectivity index (χ3n) is 5.96. The first-order valence-electron chi connectivity index (χ1n) is 10.7. The van der Waals surface area contributed by atoms with E-state index >= 15 is 0 Å². The Morgan fingerprint density at radius 1 is 0.914 bits per heavy atom. The molecule has 1 heterocycles. The molecule has 0 radical (unpaired) electrons. The van der Waals surface area contributed by atoms with E-state index in [0.717, 1.165) is 5.56 Å². The number of hydrogen-bond acceptors (Lipinski definition) is 6. The highest BCUT2D eigenvalue weighted by atomic mass is 35.5. The van der Waals surface area contributed by atoms with Gasteiger partial charge in [-0.25, -0.2) is 0 Å². The van der Waals surface area contributed by atoms with E-state index in [2.05, 4.69) is 0 Å². The number of carbonyl (C=O) groups excluding carboxylic acids is 2. The zero-order valence-electron chi connectivity index (χ0n) is 19.7. The third-order valence-corrected chi connectivity index (χ3v) is 6.25. The van der Waals surface area contributed by atoms with Crippen molar-refractivity contribution < 1.29 is 28.9 Å². The number of hydrogen-bond donors (Lipinski definition) is 1. The molecule has 4 rings (SSSR count). The molecular formula is C27H24ClNO6. The first kappa shape index (κ1) is 24.2. The van der Waals surface area contributed by atoms with Gasteiger partial charge in [0.05, 0.1) is 43.5 Å². The van der Waals surface area contributed by atoms with E-state index in [1.807, 2.05) is 19.1 Å². The summed E-state index contributed by atoms with van der Waals surface area (Å²) in [6.07, 6.45) is 0. The number of methoxy groups -OCH3 is 3. The molecule has 1 amide bonds. The van der Waals surface area contributed by atoms with Gasteiger partial charge in [0.2, 0.25) is 0 Å². The molecule has 0 saturated carbocycles. The Morgan fingerprint density at radius 3 is 2.29 bits per heavy atom. The van der Waals surface area contributed by atoms with Crippen molar-refractivity contribution in [2.45, 2.75) is 13.0 Å². The summed E-state index contributed by atoms with van der Waals surface area (Å²) in [5.74, 6) is -0.939. The van der Waals surface area contributed by atoms with Gasteiger partial charge >= 0.3 is 0 Å². The van der Waals surface area contributed by atoms with Gasteiger partial charge in [-0.1, -0.05) is 41.9 Å². The van der Waals surface area contributed by atoms with Crippen LogP contribution in [-0.4, -0.2) is 38.1 Å². The first-order chi connectivity index (χ1) is 16.8. The van der Waals surface area contributed by atoms with Crippen LogP contribution in [0.1, 0.15) is 22.7 Å². The van der Waals surface area contributed by atoms with Gasteiger partial charge in [-0.3, -0.25) is 14.5 Å². The Kier molecular flexibility index (Phi) is 6.71. The predicted molar refractivity (Wildman–Crippen MR) is 134 cm³/mol. The van der Waals surface area contributed by atoms with Crippen LogP contribution in [0.25, 0.3) is 5.76 Å². The number of ether oxygens (including phenoxy) is 3. The Bertz CT molecular complexity index is 1350. The number of aliphatic hydroxyl groups is 1. The van der Waals surface area contributed by atoms with Crippen molar-refractivity contribution in [1.82, 2.24) is 0 Å². The lowest BCUT2D eigenvalue weighted by molar-refractivity contribution is -0.132. The molecule has 1 saturated heterocycles. The SMILES string of the molecule is COc1cccc(C2/C(=C(\O)c3cc(OC)c(Cl)cc3OC)C(=O)C(=O)N2c2ccccc2C)c1. The van der Waals surface area contributed by atoms with Crippen LogP contribution in [0, 0.1) is 6.92 Å². The molecule has 3 aromatic rings. The van der Waals surface area contributed by atoms with Crippen molar-refractivity contribution >= 4 is 34.7 Å². The highest BCUT2D eigenvalue weighted by Crippen LogP contribution is 2.45. The van der Waals surface area contributed by atoms with Crippen molar-refractivity contribution in [3.8, 4) is 17.2 Å². The van der Waals surface area contributed by atoms with E-state index < -0.39 is 23.5 Å². The van der Waals surface area contributed by atoms with Crippen LogP contribution < -0.4 is 19.1 Å². The summed E-state index contributed by atoms with van der Waals surface area (Å²) in [6, 6.07) is 16.3. The largest absolute Gasteiger partial charge is 0.507 e. The van der Waals surface area contributed by atoms with E-state index in [4.69, 9.17) is 25.8 Å². The fourth-order valence-electron chi connectivity index (χ4n) is 4.23. The number of para-hydroxylation sites is 1. The average molecular weight is 494 g/mol. The van der Waals surface area contributed by atoms with Gasteiger partial charge in [0.25, 0.3) is 11.7 Å². The Morgan fingerprint density at radius 2 is 1.63 bits per heavy atom. The number of benzene rings is 3. The number of carbonyl (C=O) groups is 2. The van der Waals surface area contributed by atoms with Crippen LogP contribution in [0.15, 0.2) is 66.2 Å². The second kappa shape index (κ2) is 9.72. The van der Waals surface area contributed by atoms with E-state index in [1.54, 1.807) is 36.4 Å². The normalized spacial score (nSPS) is 16.9. The lowest BCUT2D eigenvalue weighted by atomic mass is 9.94. The van der Waals surface area contributed by atoms with Crippen molar-refractivity contribution in [2.75, 3.05) is 26.2 Å². The summed E-state index contributed by atoms with van der Waals surface area (Å²) in [6.45, 7) is 1.85. The van der Waals surface area contributed by atoms with Crippen molar-refractivity contribution in [2.24, 2.45) is 0 Å². The number of ketones is 1. The zero-order chi connectivity index (χ0) is 25.3. The van der Waals surface area contributed by atoms with E-state index in [0.29, 0.717) is 17.0 Å². The lowest BCUT2D eigenvalue weighted by Gasteiger charge is -2.27. The molecule has 7 nitrogen and oxygen atoms in total. The molecule has 0 aliphatic carbocycles. The van der Waals surface area contributed by atoms with Crippen LogP contribution in [0.2, 0.25) is 5.02 Å². The molecule has 1 N–H and O–H groups in total. The van der Waals surface area contributed by atoms with Crippen LogP contribution in [0.5, 0.6) is 17.2 Å². The minimum Gasteiger partial charge on any atom is -0.507 e. The maximum Gasteiger partial charge on any atom is 0.300 e. The zero-order valence-corrected chi connectivity index (χ0v) is 20.4. The third kappa shape index (κ3) is 4.19. The minimum atomic E-state index is -0.919. The van der Waals surface area contributed by atoms with Gasteiger partial charge in [-0.15, -0.1) is 0 Å². The quantitative estimate of drug-likeness (QED) is 0.285. The number of halogens is 1. The number of nitrogens with zero attached hydrogens (tertiary/aromatic N) is 1. The van der Waals surface area contributed by atoms with E-state index in [-0.39, 0.29) is 27.7 Å². The molecule has 0 bridgehead atoms. The minimum absolute atomic E-state index is 0.0887. The molecule has 8 heteroatoms. The van der Waals surface area contributed by atoms with Gasteiger partial charge in [0.1, 0.15) is 23.0 Å². The van der Waals surface area contributed by atoms with Crippen molar-refractivity contribution in [3.05, 3.63) is 87.9 Å². The molecule has 35 heavy (non-hydrogen) atoms. The average Bonchev–Trinajstić information content (AvgIpc) is 3.13. The maximum atomic E-state index is 13.4. The monoisotopic (exact) mass is 493 g/mol. The van der Waals surface area contributed by atoms with Gasteiger partial charge in [-0.05, 0) is 42.3 Å². The Labute approximate surface area is 208 Å². The molecule has 1 atom stereocenters. The molecule has 180 valence electrons. The standard InChI is InChI=1S/C27H24ClNO6/c1-15-8-5-6-11-20(15)29-24(16-9-7-10-17(12-16)33-2)23(26(31)27(29)32)25(30)18-13-22(35-4)19(28)14-21(18)34-3/h5-14,24,30H,1-4H3/b25-23+. The van der Waals surface area contributed by atoms with Crippen molar-refractivity contribution in [1.29, 1.82) is 0 Å². The van der Waals surface area contributed by atoms with Gasteiger partial charge < -0.3 is 19.3 Å². The van der Waals surface area contributed by atoms with Crippen LogP contribution >= 0.6 is 11.6 Å². The summed E-state index contributed by atoms with van der Waals surface area (Å²) in [7, 11) is 4.38. The second-order valence-corrected chi connectivity index (χ2v) is 8.33. The summed E-state index contributed by atoms with van der Waals surface area (Å²) >= 11 is 6.23. The van der Waals surface area contributed by atoms with Crippen LogP contribution in [-0.2, 0) is 9.59 Å². The predicted octanol–water partition coefficient (Wildman–Crippen LogP) is 5.30. The summed E-state index contributed by atoms with van der Waals surface area (Å²) in [5.41, 5.74) is 2.03. The van der Waals surface area contributed by atoms with Crippen LogP contribution in [0.4, 0.5) is 5.69 Å². The van der Waals surface area contributed by atoms with E-state index in [1.165, 1.54) is 38.4 Å². The Balaban J connectivity index is 2.03. The van der Waals surface area contributed by atoms with Crippen molar-refractivity contribution in [3.63, 3.8) is 0 Å². The molecule has 1 fully saturated rings. The van der Waals surface area contributed by atoms with Crippen LogP contribution in [0.3, 0.4) is 0 Å². The van der Waals surface area contributed by atoms with Gasteiger partial charge in [0.15, 0.2) is 0 Å². The summed E-state index contributed by atoms with van der Waals surface area (Å²) in [4.78, 5) is 28.2. The number of amides is 1. The number of aliphatic hydroxyl groups excluding tert-OH is 1. The highest BCUT2D eigenvalue weighted by molar-refractivity contribution is 6.51. The first-order valence-corrected chi connectivity index (χ1v) is 11.1. The number of anilines is 1. The Hall–Kier alpha value is -3.97. The number of rotatable bonds is 6. The number of aryl methyl sites for hydroxylation is 1. The fourth-order valence-corrected chi connectivity index (χ4v) is 4.46. The van der Waals surface area contributed by atoms with Gasteiger partial charge in [0, 0.05) is 11.8 Å². The van der Waals surface area contributed by atoms with Gasteiger partial charge in [-0.2, -0.15) is 0 Å². The number of Topliss-reactive ketones (excluding diaryl/α,β-unsaturated/α-hetero) is 1. The molecule has 1 unspecified atom stereocenters. The molecule has 0 spiro atoms. The lowest BCUT2D eigenvalue weighted by Crippen LogP contribution is -2.30. The smallest absolute Gasteiger partial charge is 0.300 e. The summed E-state index contributed by atoms with van der Waals surface area (Å²) < 4.78 is 16.1. The molecule has 3 aromatic carbocycles. The second-order valence-electron chi connectivity index (χ2n) is 7.92. The molecular weight excluding hydrogens is 470 g/mol. The molecule has 1 aliphatic rings. The summed E-state index contributed by atoms with van der Waals surface area (Å²) in [5, 5.41) is 11.8.